The lowest BCUT2D eigenvalue weighted by Crippen LogP contribution is -2.38. The number of esters is 1. The van der Waals surface area contributed by atoms with Crippen LogP contribution < -0.4 is 9.47 Å². The smallest absolute Gasteiger partial charge is 0.306 e. The van der Waals surface area contributed by atoms with Crippen molar-refractivity contribution in [3.63, 3.8) is 0 Å². The van der Waals surface area contributed by atoms with Gasteiger partial charge in [-0.05, 0) is 78.8 Å². The van der Waals surface area contributed by atoms with Crippen molar-refractivity contribution < 1.29 is 23.8 Å². The summed E-state index contributed by atoms with van der Waals surface area (Å²) < 4.78 is 16.8. The molecule has 2 atom stereocenters. The van der Waals surface area contributed by atoms with Gasteiger partial charge in [0.05, 0.1) is 43.7 Å². The van der Waals surface area contributed by atoms with Crippen molar-refractivity contribution in [2.75, 3.05) is 26.9 Å². The Kier molecular flexibility index (Phi) is 12.0. The number of carbonyl (C=O) groups excluding carboxylic acids is 2. The Hall–Kier alpha value is -4.31. The summed E-state index contributed by atoms with van der Waals surface area (Å²) in [6.07, 6.45) is 7.02. The number of hydrogen-bond acceptors (Lipinski definition) is 6. The molecule has 1 aliphatic heterocycles. The van der Waals surface area contributed by atoms with Crippen LogP contribution in [0.3, 0.4) is 0 Å². The Balaban J connectivity index is 1.31. The molecule has 0 unspecified atom stereocenters. The van der Waals surface area contributed by atoms with E-state index in [-0.39, 0.29) is 24.3 Å². The highest BCUT2D eigenvalue weighted by atomic mass is 16.5. The number of ether oxygens (including phenoxy) is 3. The molecule has 0 N–H and O–H groups in total. The molecule has 1 aliphatic rings. The van der Waals surface area contributed by atoms with E-state index >= 15 is 0 Å². The zero-order valence-corrected chi connectivity index (χ0v) is 25.3. The molecule has 7 nitrogen and oxygen atoms in total. The Morgan fingerprint density at radius 2 is 1.53 bits per heavy atom. The Morgan fingerprint density at radius 1 is 0.884 bits per heavy atom. The van der Waals surface area contributed by atoms with Crippen LogP contribution in [0.1, 0.15) is 63.0 Å². The minimum Gasteiger partial charge on any atom is -0.494 e. The average Bonchev–Trinajstić information content (AvgIpc) is 3.34. The number of benzene rings is 3. The Labute approximate surface area is 255 Å². The highest BCUT2D eigenvalue weighted by molar-refractivity contribution is 5.86. The third-order valence-corrected chi connectivity index (χ3v) is 7.97. The van der Waals surface area contributed by atoms with Crippen molar-refractivity contribution >= 4 is 11.9 Å². The van der Waals surface area contributed by atoms with Gasteiger partial charge in [-0.3, -0.25) is 9.59 Å². The lowest BCUT2D eigenvalue weighted by Gasteiger charge is -2.25. The first-order chi connectivity index (χ1) is 21.0. The van der Waals surface area contributed by atoms with Crippen LogP contribution in [0.25, 0.3) is 11.1 Å². The van der Waals surface area contributed by atoms with Crippen LogP contribution in [-0.4, -0.2) is 49.7 Å². The molecule has 0 spiro atoms. The van der Waals surface area contributed by atoms with Crippen LogP contribution in [-0.2, 0) is 20.7 Å². The predicted molar refractivity (Wildman–Crippen MR) is 167 cm³/mol. The van der Waals surface area contributed by atoms with Crippen molar-refractivity contribution in [1.82, 2.24) is 4.90 Å². The first kappa shape index (κ1) is 31.6. The monoisotopic (exact) mass is 582 g/mol. The van der Waals surface area contributed by atoms with E-state index in [0.717, 1.165) is 42.7 Å². The van der Waals surface area contributed by atoms with Crippen molar-refractivity contribution in [3.05, 3.63) is 83.9 Å². The molecule has 0 aliphatic carbocycles. The average molecular weight is 583 g/mol. The van der Waals surface area contributed by atoms with Gasteiger partial charge in [-0.2, -0.15) is 5.26 Å². The van der Waals surface area contributed by atoms with Crippen molar-refractivity contribution in [2.24, 2.45) is 5.92 Å². The number of nitriles is 1. The predicted octanol–water partition coefficient (Wildman–Crippen LogP) is 6.98. The summed E-state index contributed by atoms with van der Waals surface area (Å²) in [6.45, 7) is 3.89. The van der Waals surface area contributed by atoms with Gasteiger partial charge >= 0.3 is 5.97 Å². The van der Waals surface area contributed by atoms with E-state index in [1.54, 1.807) is 12.1 Å². The molecule has 1 saturated heterocycles. The van der Waals surface area contributed by atoms with Crippen LogP contribution >= 0.6 is 0 Å². The molecule has 0 radical (unpaired) electrons. The maximum atomic E-state index is 13.3. The van der Waals surface area contributed by atoms with Crippen LogP contribution in [0, 0.1) is 17.2 Å². The van der Waals surface area contributed by atoms with E-state index in [1.807, 2.05) is 53.4 Å². The number of amides is 1. The maximum Gasteiger partial charge on any atom is 0.306 e. The van der Waals surface area contributed by atoms with E-state index in [0.29, 0.717) is 30.9 Å². The van der Waals surface area contributed by atoms with E-state index in [2.05, 4.69) is 25.1 Å². The fourth-order valence-corrected chi connectivity index (χ4v) is 5.47. The number of rotatable bonds is 16. The molecule has 43 heavy (non-hydrogen) atoms. The largest absolute Gasteiger partial charge is 0.494 e. The number of carbonyl (C=O) groups is 2. The standard InChI is InChI=1S/C36H42N2O5/c1-3-4-5-6-22-42-33-17-11-27(12-18-33)8-7-21-38-32(23-31(36(38)40)24-35(39)41-2)26-43-34-19-15-30(16-20-34)29-13-9-28(25-37)10-14-29/h9-20,31-32H,3-8,21-24,26H2,1-2H3/t31-,32-/m0/s1. The molecule has 0 saturated carbocycles. The van der Waals surface area contributed by atoms with Crippen LogP contribution in [0.5, 0.6) is 11.5 Å². The van der Waals surface area contributed by atoms with Gasteiger partial charge in [0.15, 0.2) is 0 Å². The summed E-state index contributed by atoms with van der Waals surface area (Å²) in [5, 5.41) is 9.02. The van der Waals surface area contributed by atoms with Crippen molar-refractivity contribution in [2.45, 2.75) is 64.3 Å². The summed E-state index contributed by atoms with van der Waals surface area (Å²) in [7, 11) is 1.35. The summed E-state index contributed by atoms with van der Waals surface area (Å²) in [5.74, 6) is 0.832. The third kappa shape index (κ3) is 9.34. The summed E-state index contributed by atoms with van der Waals surface area (Å²) >= 11 is 0. The second kappa shape index (κ2) is 16.4. The molecule has 0 aromatic heterocycles. The first-order valence-electron chi connectivity index (χ1n) is 15.3. The summed E-state index contributed by atoms with van der Waals surface area (Å²) in [5.41, 5.74) is 3.87. The van der Waals surface area contributed by atoms with E-state index in [4.69, 9.17) is 19.5 Å². The highest BCUT2D eigenvalue weighted by Crippen LogP contribution is 2.30. The van der Waals surface area contributed by atoms with Gasteiger partial charge in [-0.1, -0.05) is 62.6 Å². The SMILES string of the molecule is CCCCCCOc1ccc(CCCN2C(=O)[C@H](CC(=O)OC)C[C@H]2COc2ccc(-c3ccc(C#N)cc3)cc2)cc1. The minimum atomic E-state index is -0.395. The fraction of sp³-hybridized carbons (Fsp3) is 0.417. The summed E-state index contributed by atoms with van der Waals surface area (Å²) in [4.78, 5) is 27.2. The molecular weight excluding hydrogens is 540 g/mol. The fourth-order valence-electron chi connectivity index (χ4n) is 5.47. The molecule has 226 valence electrons. The molecule has 3 aromatic rings. The molecule has 7 heteroatoms. The molecule has 0 bridgehead atoms. The van der Waals surface area contributed by atoms with E-state index < -0.39 is 5.92 Å². The second-order valence-electron chi connectivity index (χ2n) is 11.1. The normalized spacial score (nSPS) is 16.1. The number of nitrogens with zero attached hydrogens (tertiary/aromatic N) is 2. The lowest BCUT2D eigenvalue weighted by molar-refractivity contribution is -0.144. The molecular formula is C36H42N2O5. The second-order valence-corrected chi connectivity index (χ2v) is 11.1. The molecule has 1 amide bonds. The van der Waals surface area contributed by atoms with Gasteiger partial charge < -0.3 is 19.1 Å². The van der Waals surface area contributed by atoms with Gasteiger partial charge in [0, 0.05) is 6.54 Å². The zero-order valence-electron chi connectivity index (χ0n) is 25.3. The quantitative estimate of drug-likeness (QED) is 0.134. The third-order valence-electron chi connectivity index (χ3n) is 7.97. The van der Waals surface area contributed by atoms with E-state index in [1.165, 1.54) is 31.9 Å². The maximum absolute atomic E-state index is 13.3. The number of unbranched alkanes of at least 4 members (excludes halogenated alkanes) is 3. The topological polar surface area (TPSA) is 88.9 Å². The number of aryl methyl sites for hydroxylation is 1. The molecule has 1 heterocycles. The minimum absolute atomic E-state index is 0.0121. The van der Waals surface area contributed by atoms with Crippen molar-refractivity contribution in [3.8, 4) is 28.7 Å². The number of methoxy groups -OCH3 is 1. The zero-order chi connectivity index (χ0) is 30.4. The molecule has 1 fully saturated rings. The lowest BCUT2D eigenvalue weighted by atomic mass is 10.0. The van der Waals surface area contributed by atoms with E-state index in [9.17, 15) is 9.59 Å². The Morgan fingerprint density at radius 3 is 2.19 bits per heavy atom. The Bertz CT molecular complexity index is 1350. The number of hydrogen-bond donors (Lipinski definition) is 0. The van der Waals surface area contributed by atoms with Gasteiger partial charge in [0.2, 0.25) is 5.91 Å². The van der Waals surface area contributed by atoms with Gasteiger partial charge in [-0.15, -0.1) is 0 Å². The molecule has 4 rings (SSSR count). The van der Waals surface area contributed by atoms with Crippen LogP contribution in [0.4, 0.5) is 0 Å². The first-order valence-corrected chi connectivity index (χ1v) is 15.3. The van der Waals surface area contributed by atoms with Gasteiger partial charge in [0.25, 0.3) is 0 Å². The van der Waals surface area contributed by atoms with Gasteiger partial charge in [0.1, 0.15) is 18.1 Å². The summed E-state index contributed by atoms with van der Waals surface area (Å²) in [6, 6.07) is 25.5. The molecule has 3 aromatic carbocycles. The van der Waals surface area contributed by atoms with Crippen LogP contribution in [0.2, 0.25) is 0 Å². The van der Waals surface area contributed by atoms with Crippen LogP contribution in [0.15, 0.2) is 72.8 Å². The number of likely N-dealkylation sites (tertiary alicyclic amines) is 1. The van der Waals surface area contributed by atoms with Gasteiger partial charge in [-0.25, -0.2) is 0 Å². The van der Waals surface area contributed by atoms with Crippen molar-refractivity contribution in [1.29, 1.82) is 5.26 Å². The highest BCUT2D eigenvalue weighted by Gasteiger charge is 2.40.